The predicted octanol–water partition coefficient (Wildman–Crippen LogP) is -0.356. The molecule has 1 aliphatic heterocycles. The van der Waals surface area contributed by atoms with Gasteiger partial charge in [-0.15, -0.1) is 0 Å². The molecule has 0 aromatic heterocycles. The number of carbonyl (C=O) groups excluding carboxylic acids is 1. The fraction of sp³-hybridized carbons (Fsp3) is 0.375. The molecule has 0 saturated heterocycles. The zero-order chi connectivity index (χ0) is 10.9. The SMILES string of the molecule is CC1=CC(C(C(=O)O)C(=O)O)OC1=O. The zero-order valence-electron chi connectivity index (χ0n) is 7.26. The van der Waals surface area contributed by atoms with Gasteiger partial charge in [-0.05, 0) is 13.0 Å². The normalized spacial score (nSPS) is 20.6. The summed E-state index contributed by atoms with van der Waals surface area (Å²) in [7, 11) is 0. The second kappa shape index (κ2) is 3.49. The molecule has 0 amide bonds. The maximum absolute atomic E-state index is 10.9. The van der Waals surface area contributed by atoms with Crippen molar-refractivity contribution in [3.05, 3.63) is 11.6 Å². The lowest BCUT2D eigenvalue weighted by Gasteiger charge is -2.12. The Morgan fingerprint density at radius 2 is 1.93 bits per heavy atom. The Balaban J connectivity index is 2.88. The Kier molecular flexibility index (Phi) is 2.55. The lowest BCUT2D eigenvalue weighted by molar-refractivity contribution is -0.161. The zero-order valence-corrected chi connectivity index (χ0v) is 7.26. The van der Waals surface area contributed by atoms with Crippen LogP contribution in [0.4, 0.5) is 0 Å². The van der Waals surface area contributed by atoms with Gasteiger partial charge in [-0.2, -0.15) is 0 Å². The van der Waals surface area contributed by atoms with Crippen molar-refractivity contribution in [2.24, 2.45) is 5.92 Å². The van der Waals surface area contributed by atoms with E-state index in [2.05, 4.69) is 4.74 Å². The molecular weight excluding hydrogens is 192 g/mol. The van der Waals surface area contributed by atoms with E-state index in [1.807, 2.05) is 0 Å². The quantitative estimate of drug-likeness (QED) is 0.476. The van der Waals surface area contributed by atoms with Crippen molar-refractivity contribution in [3.8, 4) is 0 Å². The van der Waals surface area contributed by atoms with Crippen LogP contribution >= 0.6 is 0 Å². The molecule has 0 spiro atoms. The molecule has 0 saturated carbocycles. The average Bonchev–Trinajstić information content (AvgIpc) is 2.29. The van der Waals surface area contributed by atoms with Crippen molar-refractivity contribution in [2.75, 3.05) is 0 Å². The van der Waals surface area contributed by atoms with E-state index in [4.69, 9.17) is 10.2 Å². The van der Waals surface area contributed by atoms with E-state index in [1.165, 1.54) is 13.0 Å². The first-order valence-corrected chi connectivity index (χ1v) is 3.78. The van der Waals surface area contributed by atoms with Gasteiger partial charge in [0.25, 0.3) is 0 Å². The molecule has 1 unspecified atom stereocenters. The highest BCUT2D eigenvalue weighted by atomic mass is 16.6. The third-order valence-corrected chi connectivity index (χ3v) is 1.84. The minimum Gasteiger partial charge on any atom is -0.480 e. The van der Waals surface area contributed by atoms with Crippen LogP contribution in [-0.4, -0.2) is 34.2 Å². The van der Waals surface area contributed by atoms with Crippen LogP contribution < -0.4 is 0 Å². The minimum absolute atomic E-state index is 0.225. The molecule has 14 heavy (non-hydrogen) atoms. The van der Waals surface area contributed by atoms with Crippen molar-refractivity contribution in [2.45, 2.75) is 13.0 Å². The summed E-state index contributed by atoms with van der Waals surface area (Å²) in [6, 6.07) is 0. The molecule has 1 aliphatic rings. The van der Waals surface area contributed by atoms with Crippen molar-refractivity contribution < 1.29 is 29.3 Å². The lowest BCUT2D eigenvalue weighted by atomic mass is 10.0. The molecule has 1 atom stereocenters. The standard InChI is InChI=1S/C8H8O6/c1-3-2-4(14-8(3)13)5(6(9)10)7(11)12/h2,4-5H,1H3,(H,9,10)(H,11,12). The van der Waals surface area contributed by atoms with Gasteiger partial charge in [0.1, 0.15) is 6.10 Å². The average molecular weight is 200 g/mol. The van der Waals surface area contributed by atoms with E-state index in [0.717, 1.165) is 0 Å². The molecule has 6 nitrogen and oxygen atoms in total. The number of carboxylic acid groups (broad SMARTS) is 2. The van der Waals surface area contributed by atoms with E-state index < -0.39 is 29.9 Å². The van der Waals surface area contributed by atoms with Gasteiger partial charge < -0.3 is 14.9 Å². The highest BCUT2D eigenvalue weighted by Crippen LogP contribution is 2.20. The molecule has 0 aromatic carbocycles. The second-order valence-electron chi connectivity index (χ2n) is 2.87. The smallest absolute Gasteiger partial charge is 0.334 e. The van der Waals surface area contributed by atoms with Crippen LogP contribution in [0.5, 0.6) is 0 Å². The lowest BCUT2D eigenvalue weighted by Crippen LogP contribution is -2.34. The number of carbonyl (C=O) groups is 3. The Hall–Kier alpha value is -1.85. The van der Waals surface area contributed by atoms with Gasteiger partial charge in [0.15, 0.2) is 5.92 Å². The molecule has 0 radical (unpaired) electrons. The summed E-state index contributed by atoms with van der Waals surface area (Å²) in [6.45, 7) is 1.43. The van der Waals surface area contributed by atoms with Crippen LogP contribution in [0.15, 0.2) is 11.6 Å². The van der Waals surface area contributed by atoms with Crippen LogP contribution in [0.2, 0.25) is 0 Å². The van der Waals surface area contributed by atoms with Crippen molar-refractivity contribution in [3.63, 3.8) is 0 Å². The molecule has 0 bridgehead atoms. The van der Waals surface area contributed by atoms with E-state index in [9.17, 15) is 14.4 Å². The number of esters is 1. The Labute approximate surface area is 78.8 Å². The summed E-state index contributed by atoms with van der Waals surface area (Å²) >= 11 is 0. The van der Waals surface area contributed by atoms with Crippen LogP contribution in [-0.2, 0) is 19.1 Å². The summed E-state index contributed by atoms with van der Waals surface area (Å²) in [5, 5.41) is 17.2. The number of hydrogen-bond acceptors (Lipinski definition) is 4. The fourth-order valence-electron chi connectivity index (χ4n) is 1.12. The number of cyclic esters (lactones) is 1. The Morgan fingerprint density at radius 1 is 1.43 bits per heavy atom. The van der Waals surface area contributed by atoms with E-state index in [1.54, 1.807) is 0 Å². The van der Waals surface area contributed by atoms with Crippen LogP contribution in [0.25, 0.3) is 0 Å². The van der Waals surface area contributed by atoms with E-state index in [-0.39, 0.29) is 5.57 Å². The molecule has 0 fully saturated rings. The summed E-state index contributed by atoms with van der Waals surface area (Å²) < 4.78 is 4.57. The van der Waals surface area contributed by atoms with Crippen molar-refractivity contribution in [1.82, 2.24) is 0 Å². The maximum Gasteiger partial charge on any atom is 0.334 e. The molecule has 76 valence electrons. The van der Waals surface area contributed by atoms with Gasteiger partial charge >= 0.3 is 17.9 Å². The monoisotopic (exact) mass is 200 g/mol. The summed E-state index contributed by atoms with van der Waals surface area (Å²) in [4.78, 5) is 31.9. The minimum atomic E-state index is -1.74. The molecule has 0 aliphatic carbocycles. The summed E-state index contributed by atoms with van der Waals surface area (Å²) in [6.07, 6.45) is -0.00704. The molecule has 6 heteroatoms. The molecule has 1 heterocycles. The Morgan fingerprint density at radius 3 is 2.21 bits per heavy atom. The van der Waals surface area contributed by atoms with Crippen molar-refractivity contribution >= 4 is 17.9 Å². The number of aliphatic carboxylic acids is 2. The summed E-state index contributed by atoms with van der Waals surface area (Å²) in [5.41, 5.74) is 0.225. The summed E-state index contributed by atoms with van der Waals surface area (Å²) in [5.74, 6) is -5.47. The first kappa shape index (κ1) is 10.2. The predicted molar refractivity (Wildman–Crippen MR) is 42.4 cm³/mol. The number of carboxylic acids is 2. The van der Waals surface area contributed by atoms with Crippen LogP contribution in [0.1, 0.15) is 6.92 Å². The van der Waals surface area contributed by atoms with Gasteiger partial charge in [0.2, 0.25) is 0 Å². The topological polar surface area (TPSA) is 101 Å². The molecular formula is C8H8O6. The number of ether oxygens (including phenoxy) is 1. The third-order valence-electron chi connectivity index (χ3n) is 1.84. The fourth-order valence-corrected chi connectivity index (χ4v) is 1.12. The first-order valence-electron chi connectivity index (χ1n) is 3.78. The van der Waals surface area contributed by atoms with E-state index in [0.29, 0.717) is 0 Å². The second-order valence-corrected chi connectivity index (χ2v) is 2.87. The highest BCUT2D eigenvalue weighted by molar-refractivity contribution is 5.97. The van der Waals surface area contributed by atoms with Crippen LogP contribution in [0.3, 0.4) is 0 Å². The van der Waals surface area contributed by atoms with Gasteiger partial charge in [-0.3, -0.25) is 9.59 Å². The molecule has 1 rings (SSSR count). The largest absolute Gasteiger partial charge is 0.480 e. The van der Waals surface area contributed by atoms with Crippen molar-refractivity contribution in [1.29, 1.82) is 0 Å². The number of rotatable bonds is 3. The van der Waals surface area contributed by atoms with Gasteiger partial charge in [-0.25, -0.2) is 4.79 Å². The van der Waals surface area contributed by atoms with E-state index >= 15 is 0 Å². The maximum atomic E-state index is 10.9. The third kappa shape index (κ3) is 1.73. The molecule has 0 aromatic rings. The first-order chi connectivity index (χ1) is 6.43. The highest BCUT2D eigenvalue weighted by Gasteiger charge is 2.39. The van der Waals surface area contributed by atoms with Gasteiger partial charge in [-0.1, -0.05) is 0 Å². The Bertz CT molecular complexity index is 315. The number of hydrogen-bond donors (Lipinski definition) is 2. The van der Waals surface area contributed by atoms with Gasteiger partial charge in [0.05, 0.1) is 0 Å². The van der Waals surface area contributed by atoms with Gasteiger partial charge in [0, 0.05) is 5.57 Å². The molecule has 2 N–H and O–H groups in total. The van der Waals surface area contributed by atoms with Crippen LogP contribution in [0, 0.1) is 5.92 Å².